The average Bonchev–Trinajstić information content (AvgIpc) is 2.62. The second kappa shape index (κ2) is 7.79. The molecule has 4 nitrogen and oxygen atoms in total. The Labute approximate surface area is 136 Å². The van der Waals surface area contributed by atoms with Gasteiger partial charge in [0.1, 0.15) is 12.4 Å². The normalized spacial score (nSPS) is 17.5. The number of rotatable bonds is 5. The first-order chi connectivity index (χ1) is 11.3. The molecule has 1 atom stereocenters. The maximum absolute atomic E-state index is 12.3. The fraction of sp³-hybridized carbons (Fsp3) is 0.316. The van der Waals surface area contributed by atoms with E-state index in [-0.39, 0.29) is 11.9 Å². The molecule has 0 bridgehead atoms. The molecule has 4 heteroatoms. The van der Waals surface area contributed by atoms with Gasteiger partial charge in [-0.15, -0.1) is 0 Å². The van der Waals surface area contributed by atoms with Gasteiger partial charge >= 0.3 is 0 Å². The van der Waals surface area contributed by atoms with E-state index >= 15 is 0 Å². The van der Waals surface area contributed by atoms with Crippen molar-refractivity contribution in [3.8, 4) is 5.75 Å². The van der Waals surface area contributed by atoms with Gasteiger partial charge in [-0.2, -0.15) is 0 Å². The molecule has 23 heavy (non-hydrogen) atoms. The van der Waals surface area contributed by atoms with Crippen molar-refractivity contribution in [1.82, 2.24) is 10.6 Å². The van der Waals surface area contributed by atoms with E-state index in [2.05, 4.69) is 10.6 Å². The van der Waals surface area contributed by atoms with Crippen LogP contribution in [0.5, 0.6) is 5.75 Å². The van der Waals surface area contributed by atoms with Crippen LogP contribution in [-0.4, -0.2) is 25.0 Å². The van der Waals surface area contributed by atoms with E-state index in [0.717, 1.165) is 31.5 Å². The molecule has 120 valence electrons. The maximum atomic E-state index is 12.3. The lowest BCUT2D eigenvalue weighted by Gasteiger charge is -2.23. The zero-order chi connectivity index (χ0) is 15.9. The Morgan fingerprint density at radius 1 is 1.17 bits per heavy atom. The summed E-state index contributed by atoms with van der Waals surface area (Å²) in [6.07, 6.45) is 2.13. The number of hydrogen-bond acceptors (Lipinski definition) is 3. The van der Waals surface area contributed by atoms with Crippen molar-refractivity contribution >= 4 is 5.91 Å². The van der Waals surface area contributed by atoms with Gasteiger partial charge in [0.15, 0.2) is 0 Å². The summed E-state index contributed by atoms with van der Waals surface area (Å²) in [4.78, 5) is 12.3. The third-order valence-electron chi connectivity index (χ3n) is 3.98. The van der Waals surface area contributed by atoms with Gasteiger partial charge in [0, 0.05) is 18.2 Å². The molecule has 3 rings (SSSR count). The third-order valence-corrected chi connectivity index (χ3v) is 3.98. The van der Waals surface area contributed by atoms with Crippen LogP contribution in [0.15, 0.2) is 54.6 Å². The van der Waals surface area contributed by atoms with Crippen LogP contribution in [0, 0.1) is 0 Å². The largest absolute Gasteiger partial charge is 0.489 e. The molecule has 1 fully saturated rings. The van der Waals surface area contributed by atoms with Crippen molar-refractivity contribution in [3.05, 3.63) is 65.7 Å². The maximum Gasteiger partial charge on any atom is 0.251 e. The van der Waals surface area contributed by atoms with E-state index in [1.54, 1.807) is 6.07 Å². The van der Waals surface area contributed by atoms with Gasteiger partial charge in [-0.05, 0) is 43.1 Å². The number of carbonyl (C=O) groups is 1. The lowest BCUT2D eigenvalue weighted by molar-refractivity contribution is 0.0930. The molecule has 1 heterocycles. The Hall–Kier alpha value is -2.33. The fourth-order valence-corrected chi connectivity index (χ4v) is 2.71. The fourth-order valence-electron chi connectivity index (χ4n) is 2.71. The number of carbonyl (C=O) groups excluding carboxylic acids is 1. The predicted molar refractivity (Wildman–Crippen MR) is 90.6 cm³/mol. The highest BCUT2D eigenvalue weighted by molar-refractivity contribution is 5.94. The van der Waals surface area contributed by atoms with Crippen molar-refractivity contribution in [2.75, 3.05) is 13.1 Å². The molecular formula is C19H22N2O2. The molecule has 1 saturated heterocycles. The third kappa shape index (κ3) is 4.57. The molecule has 1 amide bonds. The summed E-state index contributed by atoms with van der Waals surface area (Å²) >= 11 is 0. The summed E-state index contributed by atoms with van der Waals surface area (Å²) in [5.41, 5.74) is 1.75. The van der Waals surface area contributed by atoms with Crippen LogP contribution < -0.4 is 15.4 Å². The predicted octanol–water partition coefficient (Wildman–Crippen LogP) is 2.75. The minimum atomic E-state index is -0.0381. The zero-order valence-electron chi connectivity index (χ0n) is 13.1. The molecule has 0 aromatic heterocycles. The van der Waals surface area contributed by atoms with E-state index in [1.807, 2.05) is 48.5 Å². The number of piperidine rings is 1. The molecular weight excluding hydrogens is 288 g/mol. The second-order valence-electron chi connectivity index (χ2n) is 5.82. The summed E-state index contributed by atoms with van der Waals surface area (Å²) in [7, 11) is 0. The second-order valence-corrected chi connectivity index (χ2v) is 5.82. The van der Waals surface area contributed by atoms with Crippen LogP contribution in [0.2, 0.25) is 0 Å². The van der Waals surface area contributed by atoms with Crippen molar-refractivity contribution in [2.45, 2.75) is 25.5 Å². The van der Waals surface area contributed by atoms with Gasteiger partial charge in [0.2, 0.25) is 0 Å². The minimum Gasteiger partial charge on any atom is -0.489 e. The Kier molecular flexibility index (Phi) is 5.27. The van der Waals surface area contributed by atoms with E-state index in [0.29, 0.717) is 17.9 Å². The highest BCUT2D eigenvalue weighted by Crippen LogP contribution is 2.16. The van der Waals surface area contributed by atoms with Gasteiger partial charge in [0.05, 0.1) is 0 Å². The van der Waals surface area contributed by atoms with E-state index in [1.165, 1.54) is 0 Å². The van der Waals surface area contributed by atoms with Crippen LogP contribution in [0.3, 0.4) is 0 Å². The monoisotopic (exact) mass is 310 g/mol. The number of amides is 1. The van der Waals surface area contributed by atoms with Crippen LogP contribution in [0.1, 0.15) is 28.8 Å². The average molecular weight is 310 g/mol. The van der Waals surface area contributed by atoms with Crippen LogP contribution >= 0.6 is 0 Å². The highest BCUT2D eigenvalue weighted by atomic mass is 16.5. The van der Waals surface area contributed by atoms with Crippen molar-refractivity contribution in [1.29, 1.82) is 0 Å². The molecule has 1 unspecified atom stereocenters. The highest BCUT2D eigenvalue weighted by Gasteiger charge is 2.16. The Balaban J connectivity index is 1.59. The van der Waals surface area contributed by atoms with Gasteiger partial charge in [0.25, 0.3) is 5.91 Å². The number of nitrogens with one attached hydrogen (secondary N) is 2. The summed E-state index contributed by atoms with van der Waals surface area (Å²) in [5.74, 6) is 0.673. The molecule has 0 aliphatic carbocycles. The number of ether oxygens (including phenoxy) is 1. The quantitative estimate of drug-likeness (QED) is 0.893. The smallest absolute Gasteiger partial charge is 0.251 e. The number of benzene rings is 2. The van der Waals surface area contributed by atoms with Gasteiger partial charge in [-0.1, -0.05) is 36.4 Å². The zero-order valence-corrected chi connectivity index (χ0v) is 13.1. The van der Waals surface area contributed by atoms with E-state index in [9.17, 15) is 4.79 Å². The molecule has 0 radical (unpaired) electrons. The number of hydrogen-bond donors (Lipinski definition) is 2. The first-order valence-corrected chi connectivity index (χ1v) is 8.09. The molecule has 0 spiro atoms. The summed E-state index contributed by atoms with van der Waals surface area (Å²) in [6.45, 7) is 2.38. The molecule has 1 aliphatic heterocycles. The lowest BCUT2D eigenvalue weighted by atomic mass is 10.1. The summed E-state index contributed by atoms with van der Waals surface area (Å²) in [6, 6.07) is 17.6. The van der Waals surface area contributed by atoms with Crippen LogP contribution in [0.4, 0.5) is 0 Å². The molecule has 1 aliphatic rings. The Morgan fingerprint density at radius 2 is 2.04 bits per heavy atom. The lowest BCUT2D eigenvalue weighted by Crippen LogP contribution is -2.45. The summed E-state index contributed by atoms with van der Waals surface area (Å²) < 4.78 is 5.78. The van der Waals surface area contributed by atoms with Gasteiger partial charge in [-0.25, -0.2) is 0 Å². The first-order valence-electron chi connectivity index (χ1n) is 8.09. The molecule has 0 saturated carbocycles. The molecule has 2 N–H and O–H groups in total. The Morgan fingerprint density at radius 3 is 2.83 bits per heavy atom. The first kappa shape index (κ1) is 15.6. The van der Waals surface area contributed by atoms with Crippen molar-refractivity contribution < 1.29 is 9.53 Å². The topological polar surface area (TPSA) is 50.4 Å². The van der Waals surface area contributed by atoms with Gasteiger partial charge in [-0.3, -0.25) is 4.79 Å². The van der Waals surface area contributed by atoms with Crippen molar-refractivity contribution in [3.63, 3.8) is 0 Å². The van der Waals surface area contributed by atoms with E-state index in [4.69, 9.17) is 4.74 Å². The van der Waals surface area contributed by atoms with Crippen LogP contribution in [-0.2, 0) is 6.61 Å². The Bertz CT molecular complexity index is 637. The summed E-state index contributed by atoms with van der Waals surface area (Å²) in [5, 5.41) is 6.38. The van der Waals surface area contributed by atoms with Crippen LogP contribution in [0.25, 0.3) is 0 Å². The van der Waals surface area contributed by atoms with Crippen molar-refractivity contribution in [2.24, 2.45) is 0 Å². The van der Waals surface area contributed by atoms with Gasteiger partial charge < -0.3 is 15.4 Å². The van der Waals surface area contributed by atoms with E-state index < -0.39 is 0 Å². The molecule has 2 aromatic carbocycles. The molecule has 2 aromatic rings. The standard InChI is InChI=1S/C19H22N2O2/c22-19(21-17-9-5-11-20-13-17)16-8-4-10-18(12-16)23-14-15-6-2-1-3-7-15/h1-4,6-8,10,12,17,20H,5,9,11,13-14H2,(H,21,22). The SMILES string of the molecule is O=C(NC1CCCNC1)c1cccc(OCc2ccccc2)c1. The minimum absolute atomic E-state index is 0.0381.